The molecule has 0 atom stereocenters. The number of para-hydroxylation sites is 1. The summed E-state index contributed by atoms with van der Waals surface area (Å²) in [4.78, 5) is 15.4. The van der Waals surface area contributed by atoms with Crippen molar-refractivity contribution >= 4 is 17.2 Å². The Morgan fingerprint density at radius 3 is 2.34 bits per heavy atom. The smallest absolute Gasteiger partial charge is 0.201 e. The van der Waals surface area contributed by atoms with Crippen molar-refractivity contribution in [2.75, 3.05) is 18.5 Å². The van der Waals surface area contributed by atoms with Gasteiger partial charge in [-0.2, -0.15) is 0 Å². The lowest BCUT2D eigenvalue weighted by molar-refractivity contribution is -0.440. The van der Waals surface area contributed by atoms with E-state index < -0.39 is 0 Å². The molecule has 3 aliphatic rings. The zero-order valence-corrected chi connectivity index (χ0v) is 18.3. The topological polar surface area (TPSA) is 43.5 Å². The van der Waals surface area contributed by atoms with Gasteiger partial charge in [-0.3, -0.25) is 4.79 Å². The van der Waals surface area contributed by atoms with Crippen LogP contribution < -0.4 is 4.90 Å². The monoisotopic (exact) mass is 389 g/mol. The molecule has 0 amide bonds. The molecule has 2 aliphatic heterocycles. The number of rotatable bonds is 2. The van der Waals surface area contributed by atoms with E-state index in [0.29, 0.717) is 11.1 Å². The number of allylic oxidation sites excluding steroid dienone is 7. The van der Waals surface area contributed by atoms with Crippen LogP contribution in [0.25, 0.3) is 0 Å². The highest BCUT2D eigenvalue weighted by atomic mass is 16.3. The normalized spacial score (nSPS) is 24.9. The van der Waals surface area contributed by atoms with E-state index in [0.717, 1.165) is 34.8 Å². The summed E-state index contributed by atoms with van der Waals surface area (Å²) >= 11 is 0. The van der Waals surface area contributed by atoms with E-state index in [-0.39, 0.29) is 17.0 Å². The number of nitrogens with zero attached hydrogens (tertiary/aromatic N) is 2. The molecule has 0 spiro atoms. The van der Waals surface area contributed by atoms with Crippen molar-refractivity contribution in [2.45, 2.75) is 47.0 Å². The molecule has 0 saturated heterocycles. The molecule has 2 heterocycles. The van der Waals surface area contributed by atoms with E-state index in [9.17, 15) is 9.90 Å². The maximum Gasteiger partial charge on any atom is 0.201 e. The van der Waals surface area contributed by atoms with Crippen LogP contribution in [0.15, 0.2) is 69.8 Å². The Morgan fingerprint density at radius 1 is 1.14 bits per heavy atom. The second-order valence-electron chi connectivity index (χ2n) is 8.61. The molecule has 4 rings (SSSR count). The molecular weight excluding hydrogens is 360 g/mol. The summed E-state index contributed by atoms with van der Waals surface area (Å²) in [6.07, 6.45) is 1.89. The molecule has 0 unspecified atom stereocenters. The highest BCUT2D eigenvalue weighted by Crippen LogP contribution is 2.49. The zero-order valence-electron chi connectivity index (χ0n) is 18.3. The zero-order chi connectivity index (χ0) is 21.2. The van der Waals surface area contributed by atoms with E-state index in [1.54, 1.807) is 0 Å². The number of carbonyl (C=O) groups excluding carboxylic acids is 1. The first-order chi connectivity index (χ1) is 13.6. The lowest BCUT2D eigenvalue weighted by Gasteiger charge is -2.28. The van der Waals surface area contributed by atoms with Crippen LogP contribution in [-0.2, 0) is 10.2 Å². The molecule has 0 saturated carbocycles. The molecule has 0 radical (unpaired) electrons. The fraction of sp³-hybridized carbons (Fsp3) is 0.360. The first-order valence-corrected chi connectivity index (χ1v) is 10.2. The molecule has 0 fully saturated rings. The van der Waals surface area contributed by atoms with Crippen LogP contribution in [0.2, 0.25) is 0 Å². The number of Topliss-reactive ketones (excluding diaryl/α,β-unsaturated/α-hetero) is 1. The van der Waals surface area contributed by atoms with Crippen LogP contribution in [0, 0.1) is 0 Å². The number of hydrogen-bond acceptors (Lipinski definition) is 3. The largest absolute Gasteiger partial charge is 0.506 e. The van der Waals surface area contributed by atoms with E-state index >= 15 is 0 Å². The molecule has 29 heavy (non-hydrogen) atoms. The van der Waals surface area contributed by atoms with Gasteiger partial charge in [0.05, 0.1) is 16.7 Å². The Hall–Kier alpha value is -2.88. The maximum absolute atomic E-state index is 13.1. The molecule has 1 aromatic rings. The Balaban J connectivity index is 1.85. The fourth-order valence-corrected chi connectivity index (χ4v) is 4.86. The van der Waals surface area contributed by atoms with Crippen molar-refractivity contribution < 1.29 is 14.5 Å². The van der Waals surface area contributed by atoms with Gasteiger partial charge in [-0.05, 0) is 31.6 Å². The molecule has 1 N–H and O–H groups in total. The van der Waals surface area contributed by atoms with Crippen LogP contribution in [0.4, 0.5) is 5.69 Å². The molecule has 4 heteroatoms. The van der Waals surface area contributed by atoms with Gasteiger partial charge in [-0.1, -0.05) is 32.0 Å². The number of aliphatic hydroxyl groups excluding tert-OH is 1. The molecule has 0 aromatic heterocycles. The van der Waals surface area contributed by atoms with Crippen molar-refractivity contribution in [3.8, 4) is 0 Å². The summed E-state index contributed by atoms with van der Waals surface area (Å²) in [6.45, 7) is 13.3. The lowest BCUT2D eigenvalue weighted by Crippen LogP contribution is -2.30. The lowest BCUT2D eigenvalue weighted by atomic mass is 9.78. The molecule has 1 aliphatic carbocycles. The van der Waals surface area contributed by atoms with Crippen LogP contribution in [-0.4, -0.2) is 34.8 Å². The van der Waals surface area contributed by atoms with Gasteiger partial charge in [0.1, 0.15) is 12.8 Å². The minimum Gasteiger partial charge on any atom is -0.506 e. The van der Waals surface area contributed by atoms with Gasteiger partial charge >= 0.3 is 0 Å². The average molecular weight is 390 g/mol. The summed E-state index contributed by atoms with van der Waals surface area (Å²) in [5.41, 5.74) is 8.14. The third-order valence-corrected chi connectivity index (χ3v) is 6.90. The molecule has 0 bridgehead atoms. The van der Waals surface area contributed by atoms with Crippen molar-refractivity contribution in [3.63, 3.8) is 0 Å². The number of anilines is 1. The molecular formula is C25H29N2O2+. The van der Waals surface area contributed by atoms with Gasteiger partial charge in [0.15, 0.2) is 11.4 Å². The van der Waals surface area contributed by atoms with E-state index in [1.165, 1.54) is 11.3 Å². The Morgan fingerprint density at radius 2 is 1.79 bits per heavy atom. The molecule has 150 valence electrons. The first kappa shape index (κ1) is 19.4. The predicted octanol–water partition coefficient (Wildman–Crippen LogP) is 4.79. The van der Waals surface area contributed by atoms with Crippen molar-refractivity contribution in [1.82, 2.24) is 0 Å². The number of ketones is 1. The third-order valence-electron chi connectivity index (χ3n) is 6.90. The number of fused-ring (bicyclic) bond motifs is 1. The number of benzene rings is 1. The van der Waals surface area contributed by atoms with Gasteiger partial charge < -0.3 is 10.0 Å². The minimum atomic E-state index is -0.231. The van der Waals surface area contributed by atoms with Crippen molar-refractivity contribution in [3.05, 3.63) is 75.4 Å². The van der Waals surface area contributed by atoms with E-state index in [2.05, 4.69) is 48.4 Å². The van der Waals surface area contributed by atoms with Crippen LogP contribution in [0.3, 0.4) is 0 Å². The van der Waals surface area contributed by atoms with Gasteiger partial charge in [0.2, 0.25) is 5.78 Å². The van der Waals surface area contributed by atoms with Gasteiger partial charge in [-0.15, -0.1) is 0 Å². The van der Waals surface area contributed by atoms with E-state index in [4.69, 9.17) is 0 Å². The highest BCUT2D eigenvalue weighted by Gasteiger charge is 2.44. The number of aliphatic hydroxyl groups is 1. The van der Waals surface area contributed by atoms with E-state index in [1.807, 2.05) is 40.0 Å². The third kappa shape index (κ3) is 2.44. The van der Waals surface area contributed by atoms with Crippen molar-refractivity contribution in [2.24, 2.45) is 0 Å². The maximum atomic E-state index is 13.1. The fourth-order valence-electron chi connectivity index (χ4n) is 4.86. The standard InChI is InChI=1S/C25H28N2O2/c1-8-27-19-12-10-9-11-18(19)25(5,6)20(27)13-17-23(28)22(24(17)29)21-14(2)15(3)26(7)16(21)4/h9-13H,8H2,1-7H3/p+1. The Kier molecular flexibility index (Phi) is 4.23. The minimum absolute atomic E-state index is 0.0744. The second-order valence-corrected chi connectivity index (χ2v) is 8.61. The summed E-state index contributed by atoms with van der Waals surface area (Å²) in [5, 5.41) is 10.9. The summed E-state index contributed by atoms with van der Waals surface area (Å²) < 4.78 is 2.07. The molecule has 4 nitrogen and oxygen atoms in total. The summed E-state index contributed by atoms with van der Waals surface area (Å²) in [6, 6.07) is 8.36. The van der Waals surface area contributed by atoms with Gasteiger partial charge in [0.25, 0.3) is 0 Å². The summed E-state index contributed by atoms with van der Waals surface area (Å²) in [5.74, 6) is 0.0386. The summed E-state index contributed by atoms with van der Waals surface area (Å²) in [7, 11) is 1.99. The van der Waals surface area contributed by atoms with Crippen LogP contribution >= 0.6 is 0 Å². The van der Waals surface area contributed by atoms with Crippen LogP contribution in [0.5, 0.6) is 0 Å². The number of likely N-dealkylation sites (N-methyl/N-ethyl adjacent to an activating group) is 1. The Labute approximate surface area is 172 Å². The number of hydrogen-bond donors (Lipinski definition) is 1. The first-order valence-electron chi connectivity index (χ1n) is 10.2. The average Bonchev–Trinajstić information content (AvgIpc) is 3.03. The Bertz CT molecular complexity index is 1100. The second kappa shape index (κ2) is 6.31. The number of carbonyl (C=O) groups is 1. The predicted molar refractivity (Wildman–Crippen MR) is 117 cm³/mol. The van der Waals surface area contributed by atoms with Gasteiger partial charge in [-0.25, -0.2) is 4.58 Å². The highest BCUT2D eigenvalue weighted by molar-refractivity contribution is 6.25. The molecule has 1 aromatic carbocycles. The quantitative estimate of drug-likeness (QED) is 0.584. The van der Waals surface area contributed by atoms with Crippen molar-refractivity contribution in [1.29, 1.82) is 0 Å². The SMILES string of the molecule is CCN1/C(=C\C2=C(O)C(=C3\C(C)=C(C)[N+](C)=C3C)/C2=O)C(C)(C)c2ccccc21. The van der Waals surface area contributed by atoms with Crippen LogP contribution in [0.1, 0.15) is 47.1 Å². The van der Waals surface area contributed by atoms with Gasteiger partial charge in [0, 0.05) is 42.8 Å².